The SMILES string of the molecule is CC(C)(C)[Si]OC(C)(C)c1ccc2c(c1)Nc1ncccc1NC2=O. The first kappa shape index (κ1) is 17.6. The molecule has 1 amide bonds. The van der Waals surface area contributed by atoms with Crippen molar-refractivity contribution in [1.82, 2.24) is 4.98 Å². The summed E-state index contributed by atoms with van der Waals surface area (Å²) in [6.07, 6.45) is 1.70. The van der Waals surface area contributed by atoms with E-state index in [-0.39, 0.29) is 10.9 Å². The van der Waals surface area contributed by atoms with Crippen molar-refractivity contribution in [2.45, 2.75) is 45.3 Å². The maximum Gasteiger partial charge on any atom is 0.257 e. The summed E-state index contributed by atoms with van der Waals surface area (Å²) in [4.78, 5) is 16.8. The third-order valence-electron chi connectivity index (χ3n) is 3.88. The van der Waals surface area contributed by atoms with Crippen LogP contribution in [0.1, 0.15) is 50.5 Å². The fraction of sp³-hybridized carbons (Fsp3) is 0.368. The van der Waals surface area contributed by atoms with Crippen molar-refractivity contribution in [3.8, 4) is 0 Å². The third-order valence-corrected chi connectivity index (χ3v) is 5.11. The Morgan fingerprint density at radius 1 is 1.04 bits per heavy atom. The van der Waals surface area contributed by atoms with E-state index in [0.29, 0.717) is 26.8 Å². The average molecular weight is 353 g/mol. The Hall–Kier alpha value is -2.18. The van der Waals surface area contributed by atoms with E-state index in [4.69, 9.17) is 4.43 Å². The smallest absolute Gasteiger partial charge is 0.257 e. The lowest BCUT2D eigenvalue weighted by Gasteiger charge is -2.30. The van der Waals surface area contributed by atoms with Gasteiger partial charge in [-0.05, 0) is 48.7 Å². The fourth-order valence-electron chi connectivity index (χ4n) is 2.48. The van der Waals surface area contributed by atoms with Crippen LogP contribution in [0.4, 0.5) is 17.2 Å². The van der Waals surface area contributed by atoms with Crippen molar-refractivity contribution in [2.75, 3.05) is 10.6 Å². The summed E-state index contributed by atoms with van der Waals surface area (Å²) in [5.74, 6) is 0.498. The molecule has 2 aromatic rings. The molecule has 0 unspecified atom stereocenters. The van der Waals surface area contributed by atoms with Gasteiger partial charge in [0, 0.05) is 6.20 Å². The van der Waals surface area contributed by atoms with Crippen LogP contribution >= 0.6 is 0 Å². The van der Waals surface area contributed by atoms with Gasteiger partial charge < -0.3 is 15.1 Å². The predicted molar refractivity (Wildman–Crippen MR) is 101 cm³/mol. The van der Waals surface area contributed by atoms with E-state index in [9.17, 15) is 4.79 Å². The molecule has 6 heteroatoms. The minimum Gasteiger partial charge on any atom is -0.408 e. The molecule has 0 spiro atoms. The molecular weight excluding hydrogens is 330 g/mol. The Labute approximate surface area is 151 Å². The highest BCUT2D eigenvalue weighted by molar-refractivity contribution is 6.31. The Bertz CT molecular complexity index is 813. The Morgan fingerprint density at radius 2 is 1.80 bits per heavy atom. The molecule has 2 radical (unpaired) electrons. The summed E-state index contributed by atoms with van der Waals surface area (Å²) in [6.45, 7) is 10.6. The molecule has 0 saturated heterocycles. The van der Waals surface area contributed by atoms with Crippen molar-refractivity contribution < 1.29 is 9.22 Å². The number of fused-ring (bicyclic) bond motifs is 2. The van der Waals surface area contributed by atoms with Crippen LogP contribution in [0.3, 0.4) is 0 Å². The summed E-state index contributed by atoms with van der Waals surface area (Å²) in [7, 11) is 0.380. The highest BCUT2D eigenvalue weighted by Crippen LogP contribution is 2.35. The molecule has 25 heavy (non-hydrogen) atoms. The molecule has 2 N–H and O–H groups in total. The van der Waals surface area contributed by atoms with E-state index in [1.165, 1.54) is 0 Å². The monoisotopic (exact) mass is 353 g/mol. The normalized spacial score (nSPS) is 14.0. The van der Waals surface area contributed by atoms with Crippen LogP contribution in [-0.4, -0.2) is 20.7 Å². The van der Waals surface area contributed by atoms with Gasteiger partial charge in [-0.25, -0.2) is 4.98 Å². The highest BCUT2D eigenvalue weighted by Gasteiger charge is 2.27. The molecule has 130 valence electrons. The maximum atomic E-state index is 12.5. The third kappa shape index (κ3) is 3.91. The largest absolute Gasteiger partial charge is 0.408 e. The lowest BCUT2D eigenvalue weighted by molar-refractivity contribution is 0.102. The second-order valence-electron chi connectivity index (χ2n) is 7.70. The number of hydrogen-bond acceptors (Lipinski definition) is 4. The van der Waals surface area contributed by atoms with Crippen molar-refractivity contribution >= 4 is 32.9 Å². The minimum absolute atomic E-state index is 0.115. The molecule has 0 saturated carbocycles. The molecule has 0 bridgehead atoms. The second kappa shape index (κ2) is 6.27. The summed E-state index contributed by atoms with van der Waals surface area (Å²) in [6, 6.07) is 9.40. The molecular formula is C19H23N3O2Si. The Kier molecular flexibility index (Phi) is 4.43. The van der Waals surface area contributed by atoms with Gasteiger partial charge in [0.05, 0.1) is 22.5 Å². The first-order chi connectivity index (χ1) is 11.7. The zero-order chi connectivity index (χ0) is 18.2. The van der Waals surface area contributed by atoms with Crippen molar-refractivity contribution in [3.05, 3.63) is 47.7 Å². The van der Waals surface area contributed by atoms with Crippen LogP contribution < -0.4 is 10.6 Å². The molecule has 2 heterocycles. The lowest BCUT2D eigenvalue weighted by atomic mass is 9.96. The lowest BCUT2D eigenvalue weighted by Crippen LogP contribution is -2.27. The predicted octanol–water partition coefficient (Wildman–Crippen LogP) is 4.48. The van der Waals surface area contributed by atoms with E-state index in [1.54, 1.807) is 12.3 Å². The van der Waals surface area contributed by atoms with E-state index >= 15 is 0 Å². The number of aromatic nitrogens is 1. The quantitative estimate of drug-likeness (QED) is 0.799. The minimum atomic E-state index is -0.446. The second-order valence-corrected chi connectivity index (χ2v) is 9.61. The van der Waals surface area contributed by atoms with Gasteiger partial charge in [-0.3, -0.25) is 4.79 Å². The first-order valence-electron chi connectivity index (χ1n) is 8.29. The molecule has 5 nitrogen and oxygen atoms in total. The zero-order valence-corrected chi connectivity index (χ0v) is 16.2. The highest BCUT2D eigenvalue weighted by atomic mass is 28.2. The average Bonchev–Trinajstić information content (AvgIpc) is 2.68. The number of carbonyl (C=O) groups is 1. The summed E-state index contributed by atoms with van der Waals surface area (Å²) in [5.41, 5.74) is 2.58. The van der Waals surface area contributed by atoms with Gasteiger partial charge in [-0.15, -0.1) is 0 Å². The number of nitrogens with one attached hydrogen (secondary N) is 2. The Balaban J connectivity index is 1.94. The molecule has 1 aliphatic rings. The van der Waals surface area contributed by atoms with Gasteiger partial charge in [-0.1, -0.05) is 26.8 Å². The molecule has 0 aliphatic carbocycles. The molecule has 0 atom stereocenters. The topological polar surface area (TPSA) is 63.2 Å². The van der Waals surface area contributed by atoms with Crippen molar-refractivity contribution in [1.29, 1.82) is 0 Å². The number of carbonyl (C=O) groups excluding carboxylic acids is 1. The fourth-order valence-corrected chi connectivity index (χ4v) is 3.16. The number of pyridine rings is 1. The number of benzene rings is 1. The van der Waals surface area contributed by atoms with Gasteiger partial charge in [0.1, 0.15) is 0 Å². The van der Waals surface area contributed by atoms with Gasteiger partial charge in [0.25, 0.3) is 5.91 Å². The number of hydrogen-bond donors (Lipinski definition) is 2. The standard InChI is InChI=1S/C19H23N3O2Si/c1-18(2,3)25-24-19(4,5)12-8-9-13-15(11-12)21-16-14(22-17(13)23)7-6-10-20-16/h6-11H,1-5H3,(H,20,21)(H,22,23). The molecule has 1 aromatic heterocycles. The number of amides is 1. The van der Waals surface area contributed by atoms with E-state index in [2.05, 4.69) is 50.2 Å². The molecule has 1 aliphatic heterocycles. The van der Waals surface area contributed by atoms with E-state index < -0.39 is 5.60 Å². The van der Waals surface area contributed by atoms with Gasteiger partial charge in [-0.2, -0.15) is 0 Å². The summed E-state index contributed by atoms with van der Waals surface area (Å²) < 4.78 is 6.18. The van der Waals surface area contributed by atoms with Gasteiger partial charge >= 0.3 is 0 Å². The maximum absolute atomic E-state index is 12.5. The molecule has 0 fully saturated rings. The van der Waals surface area contributed by atoms with Crippen LogP contribution in [-0.2, 0) is 10.0 Å². The summed E-state index contributed by atoms with van der Waals surface area (Å²) >= 11 is 0. The van der Waals surface area contributed by atoms with Crippen molar-refractivity contribution in [2.24, 2.45) is 0 Å². The van der Waals surface area contributed by atoms with Crippen LogP contribution in [0.2, 0.25) is 5.04 Å². The van der Waals surface area contributed by atoms with Crippen molar-refractivity contribution in [3.63, 3.8) is 0 Å². The number of nitrogens with zero attached hydrogens (tertiary/aromatic N) is 1. The Morgan fingerprint density at radius 3 is 2.52 bits per heavy atom. The molecule has 1 aromatic carbocycles. The van der Waals surface area contributed by atoms with E-state index in [1.807, 2.05) is 24.3 Å². The van der Waals surface area contributed by atoms with E-state index in [0.717, 1.165) is 11.3 Å². The first-order valence-corrected chi connectivity index (χ1v) is 9.20. The molecule has 3 rings (SSSR count). The van der Waals surface area contributed by atoms with Crippen LogP contribution in [0.25, 0.3) is 0 Å². The van der Waals surface area contributed by atoms with Gasteiger partial charge in [0.2, 0.25) is 9.76 Å². The number of rotatable bonds is 3. The van der Waals surface area contributed by atoms with Gasteiger partial charge in [0.15, 0.2) is 5.82 Å². The van der Waals surface area contributed by atoms with Crippen LogP contribution in [0.5, 0.6) is 0 Å². The zero-order valence-electron chi connectivity index (χ0n) is 15.2. The van der Waals surface area contributed by atoms with Crippen LogP contribution in [0, 0.1) is 0 Å². The summed E-state index contributed by atoms with van der Waals surface area (Å²) in [5, 5.41) is 6.27. The van der Waals surface area contributed by atoms with Crippen LogP contribution in [0.15, 0.2) is 36.5 Å². The number of anilines is 3.